The van der Waals surface area contributed by atoms with Gasteiger partial charge in [0.05, 0.1) is 57.7 Å². The number of fused-ring (bicyclic) bond motifs is 7. The second-order valence-electron chi connectivity index (χ2n) is 23.9. The zero-order valence-corrected chi connectivity index (χ0v) is 61.8. The molecule has 0 atom stereocenters. The van der Waals surface area contributed by atoms with Crippen LogP contribution in [0.3, 0.4) is 0 Å². The van der Waals surface area contributed by atoms with Gasteiger partial charge in [-0.1, -0.05) is 224 Å². The van der Waals surface area contributed by atoms with Crippen LogP contribution in [0.25, 0.3) is 87.6 Å². The average molecular weight is 1460 g/mol. The van der Waals surface area contributed by atoms with Crippen LogP contribution in [-0.4, -0.2) is 33.9 Å². The van der Waals surface area contributed by atoms with Crippen LogP contribution in [0.5, 0.6) is 17.2 Å². The summed E-state index contributed by atoms with van der Waals surface area (Å²) in [4.78, 5) is 28.7. The highest BCUT2D eigenvalue weighted by atomic mass is 79.9. The summed E-state index contributed by atoms with van der Waals surface area (Å²) in [5.41, 5.74) is 29.7. The van der Waals surface area contributed by atoms with E-state index in [-0.39, 0.29) is 0 Å². The van der Waals surface area contributed by atoms with Crippen molar-refractivity contribution in [3.8, 4) is 107 Å². The summed E-state index contributed by atoms with van der Waals surface area (Å²) in [6.45, 7) is 32.9. The molecule has 0 saturated heterocycles. The lowest BCUT2D eigenvalue weighted by Crippen LogP contribution is -1.86. The number of ether oxygens (including phenoxy) is 3. The lowest BCUT2D eigenvalue weighted by Gasteiger charge is -2.05. The van der Waals surface area contributed by atoms with Crippen LogP contribution in [0.15, 0.2) is 221 Å². The van der Waals surface area contributed by atoms with E-state index in [4.69, 9.17) is 49.5 Å². The van der Waals surface area contributed by atoms with Crippen LogP contribution in [0.4, 0.5) is 11.4 Å². The number of carbonyl (C=O) groups excluding carboxylic acids is 2. The van der Waals surface area contributed by atoms with E-state index in [1.165, 1.54) is 72.3 Å². The normalized spacial score (nSPS) is 10.2. The number of nitriles is 2. The van der Waals surface area contributed by atoms with Crippen molar-refractivity contribution in [1.82, 2.24) is 0 Å². The van der Waals surface area contributed by atoms with Crippen LogP contribution in [0.1, 0.15) is 81.9 Å². The molecule has 14 aliphatic rings. The SMILES string of the molecule is COc1cc(C)c2cccc-2c(C)c1.COc1cc(C=O)c2c(C)cc(C)cc(C)c1-2.COc1cc(C=O)c2cccccc1-2.Cc1cc(C)c2ccc(Cl)c-2c(C)c1.Cc1cccc2cccc-2c1.[C-]#[N+]c1cc2c(Br)cc(Br)c-2ccc1C#N.[C-]#[N+]c1cc2cccc-2ccc1C#N. The van der Waals surface area contributed by atoms with Gasteiger partial charge in [-0.15, -0.1) is 0 Å². The van der Waals surface area contributed by atoms with Crippen molar-refractivity contribution < 1.29 is 23.8 Å². The van der Waals surface area contributed by atoms with E-state index in [2.05, 4.69) is 193 Å². The maximum absolute atomic E-state index is 11.1. The molecule has 0 bridgehead atoms. The average Bonchev–Trinajstić information content (AvgIpc) is 1.63. The quantitative estimate of drug-likeness (QED) is 0.124. The zero-order chi connectivity index (χ0) is 72.3. The van der Waals surface area contributed by atoms with E-state index in [0.717, 1.165) is 99.4 Å². The molecule has 14 rings (SSSR count). The Kier molecular flexibility index (Phi) is 26.0. The smallest absolute Gasteiger partial charge is 0.205 e. The minimum Gasteiger partial charge on any atom is -0.497 e. The Morgan fingerprint density at radius 1 is 0.380 bits per heavy atom. The van der Waals surface area contributed by atoms with E-state index in [1.54, 1.807) is 51.7 Å². The molecule has 0 amide bonds. The predicted octanol–water partition coefficient (Wildman–Crippen LogP) is 25.0. The summed E-state index contributed by atoms with van der Waals surface area (Å²) >= 11 is 13.0. The number of carbonyl (C=O) groups is 2. The maximum atomic E-state index is 11.1. The van der Waals surface area contributed by atoms with Crippen LogP contribution in [0, 0.1) is 98.1 Å². The Morgan fingerprint density at radius 3 is 1.41 bits per heavy atom. The molecular weight excluding hydrogens is 1390 g/mol. The number of nitrogens with zero attached hydrogens (tertiary/aromatic N) is 4. The molecule has 9 nitrogen and oxygen atoms in total. The minimum absolute atomic E-state index is 0.372. The molecule has 0 radical (unpaired) electrons. The molecule has 0 unspecified atom stereocenters. The first kappa shape index (κ1) is 74.6. The molecule has 0 aromatic heterocycles. The highest BCUT2D eigenvalue weighted by Crippen LogP contribution is 2.44. The van der Waals surface area contributed by atoms with Gasteiger partial charge in [0.2, 0.25) is 11.4 Å². The molecule has 0 saturated carbocycles. The molecular formula is C88H73Br2ClN4O5. The van der Waals surface area contributed by atoms with E-state index in [1.807, 2.05) is 105 Å². The van der Waals surface area contributed by atoms with E-state index in [9.17, 15) is 9.59 Å². The topological polar surface area (TPSA) is 118 Å². The van der Waals surface area contributed by atoms with Gasteiger partial charge >= 0.3 is 0 Å². The Morgan fingerprint density at radius 2 is 0.840 bits per heavy atom. The molecule has 0 heterocycles. The Balaban J connectivity index is 0.000000149. The second kappa shape index (κ2) is 34.9. The number of aldehydes is 2. The number of hydrogen-bond donors (Lipinski definition) is 0. The van der Waals surface area contributed by atoms with Crippen molar-refractivity contribution in [2.45, 2.75) is 62.3 Å². The lowest BCUT2D eigenvalue weighted by atomic mass is 10.0. The van der Waals surface area contributed by atoms with Crippen molar-refractivity contribution >= 4 is 67.4 Å². The van der Waals surface area contributed by atoms with Crippen molar-refractivity contribution in [1.29, 1.82) is 10.5 Å². The van der Waals surface area contributed by atoms with Gasteiger partial charge in [-0.05, 0) is 205 Å². The third kappa shape index (κ3) is 17.8. The number of halogens is 3. The van der Waals surface area contributed by atoms with Crippen LogP contribution < -0.4 is 14.2 Å². The monoisotopic (exact) mass is 1460 g/mol. The van der Waals surface area contributed by atoms with Crippen LogP contribution in [-0.2, 0) is 0 Å². The first-order valence-electron chi connectivity index (χ1n) is 31.8. The number of rotatable bonds is 5. The van der Waals surface area contributed by atoms with Gasteiger partial charge in [0.25, 0.3) is 0 Å². The second-order valence-corrected chi connectivity index (χ2v) is 26.0. The number of methoxy groups -OCH3 is 3. The van der Waals surface area contributed by atoms with Crippen molar-refractivity contribution in [2.24, 2.45) is 0 Å². The van der Waals surface area contributed by atoms with Gasteiger partial charge in [0.1, 0.15) is 17.2 Å². The summed E-state index contributed by atoms with van der Waals surface area (Å²) in [6.07, 6.45) is 1.75. The fraction of sp³-hybridized carbons (Fsp3) is 0.136. The summed E-state index contributed by atoms with van der Waals surface area (Å²) in [6, 6.07) is 73.7. The maximum Gasteiger partial charge on any atom is 0.205 e. The largest absolute Gasteiger partial charge is 0.497 e. The summed E-state index contributed by atoms with van der Waals surface area (Å²) in [5.74, 6) is 2.45. The molecule has 0 aromatic rings. The summed E-state index contributed by atoms with van der Waals surface area (Å²) in [5, 5.41) is 18.6. The molecule has 0 aromatic carbocycles. The highest BCUT2D eigenvalue weighted by molar-refractivity contribution is 9.11. The number of hydrogen-bond acceptors (Lipinski definition) is 7. The molecule has 0 fully saturated rings. The van der Waals surface area contributed by atoms with Crippen molar-refractivity contribution in [3.05, 3.63) is 321 Å². The van der Waals surface area contributed by atoms with E-state index < -0.39 is 0 Å². The van der Waals surface area contributed by atoms with Gasteiger partial charge in [0.15, 0.2) is 12.6 Å². The molecule has 12 heteroatoms. The fourth-order valence-electron chi connectivity index (χ4n) is 12.2. The van der Waals surface area contributed by atoms with E-state index >= 15 is 0 Å². The third-order valence-electron chi connectivity index (χ3n) is 16.9. The van der Waals surface area contributed by atoms with Gasteiger partial charge < -0.3 is 14.2 Å². The molecule has 0 aliphatic heterocycles. The van der Waals surface area contributed by atoms with Crippen LogP contribution >= 0.6 is 43.5 Å². The van der Waals surface area contributed by atoms with Crippen molar-refractivity contribution in [3.63, 3.8) is 0 Å². The molecule has 100 heavy (non-hydrogen) atoms. The first-order valence-corrected chi connectivity index (χ1v) is 33.8. The highest BCUT2D eigenvalue weighted by Gasteiger charge is 2.21. The zero-order valence-electron chi connectivity index (χ0n) is 57.8. The molecule has 496 valence electrons. The third-order valence-corrected chi connectivity index (χ3v) is 18.5. The predicted molar refractivity (Wildman–Crippen MR) is 417 cm³/mol. The Bertz CT molecular complexity index is 5150. The molecule has 14 aliphatic carbocycles. The molecule has 0 spiro atoms. The Hall–Kier alpha value is -11.2. The first-order chi connectivity index (χ1) is 48.1. The molecule has 0 N–H and O–H groups in total. The van der Waals surface area contributed by atoms with Gasteiger partial charge in [0, 0.05) is 41.8 Å². The Labute approximate surface area is 609 Å². The lowest BCUT2D eigenvalue weighted by molar-refractivity contribution is 0.111. The van der Waals surface area contributed by atoms with E-state index in [0.29, 0.717) is 33.6 Å². The fourth-order valence-corrected chi connectivity index (χ4v) is 14.0. The standard InChI is InChI=1S/C15H16O2.C13H13Cl.C13H14O.C12H4Br2N2.C12H6N2.C12H10O2.C11H10/c1-9-5-10(2)14-12(8-16)7-13(17-4)15(14)11(3)6-9;1-8-6-9(2)11-4-5-12(14)13(11)10(3)7-8;1-9-7-11(14-3)8-10(2)13-6-4-5-12(9)13;1-16-12-4-9-8(3-2-7(12)6-15)10(13)5-11(9)14;1-14-12-7-10-4-2-3-9(10)5-6-11(12)8-13;1-14-12-7-9(8-13)10-5-3-2-4-6-11(10)12;1-9-4-2-5-10-6-3-7-11(10)8-9/h5-8H,1-4H3;4-7H,1-3H3;4-8H,1-3H3;2-5H;2-7H;2-8H,1H3;2-8H,1H3. The summed E-state index contributed by atoms with van der Waals surface area (Å²) < 4.78 is 17.7. The van der Waals surface area contributed by atoms with Gasteiger partial charge in [-0.2, -0.15) is 10.5 Å². The van der Waals surface area contributed by atoms with Gasteiger partial charge in [-0.25, -0.2) is 9.69 Å². The number of aryl methyl sites for hydroxylation is 9. The van der Waals surface area contributed by atoms with Crippen LogP contribution in [0.2, 0.25) is 5.02 Å². The van der Waals surface area contributed by atoms with Gasteiger partial charge in [-0.3, -0.25) is 9.59 Å². The minimum atomic E-state index is 0.372. The summed E-state index contributed by atoms with van der Waals surface area (Å²) in [7, 11) is 4.95. The van der Waals surface area contributed by atoms with Crippen molar-refractivity contribution in [2.75, 3.05) is 21.3 Å².